The Bertz CT molecular complexity index is 575. The summed E-state index contributed by atoms with van der Waals surface area (Å²) in [7, 11) is 0. The van der Waals surface area contributed by atoms with Crippen molar-refractivity contribution in [3.63, 3.8) is 0 Å². The molecule has 4 nitrogen and oxygen atoms in total. The largest absolute Gasteiger partial charge is 0.271 e. The number of hydrogen-bond acceptors (Lipinski definition) is 5. The fraction of sp³-hybridized carbons (Fsp3) is 0.385. The SMILES string of the molecule is CCCc1nnsc1C(Cc1ccc(Cl)cc1F)NN. The molecule has 0 amide bonds. The predicted molar refractivity (Wildman–Crippen MR) is 79.1 cm³/mol. The van der Waals surface area contributed by atoms with Crippen molar-refractivity contribution in [2.75, 3.05) is 0 Å². The molecule has 20 heavy (non-hydrogen) atoms. The fourth-order valence-electron chi connectivity index (χ4n) is 2.02. The molecule has 0 bridgehead atoms. The van der Waals surface area contributed by atoms with Crippen molar-refractivity contribution >= 4 is 23.1 Å². The number of hydrogen-bond donors (Lipinski definition) is 2. The summed E-state index contributed by atoms with van der Waals surface area (Å²) >= 11 is 7.05. The Morgan fingerprint density at radius 2 is 2.30 bits per heavy atom. The number of hydrazine groups is 1. The van der Waals surface area contributed by atoms with Crippen LogP contribution in [0, 0.1) is 5.82 Å². The zero-order valence-corrected chi connectivity index (χ0v) is 12.6. The van der Waals surface area contributed by atoms with Crippen LogP contribution in [0.4, 0.5) is 4.39 Å². The minimum atomic E-state index is -0.327. The van der Waals surface area contributed by atoms with E-state index in [0.29, 0.717) is 17.0 Å². The molecular formula is C13H16ClFN4S. The van der Waals surface area contributed by atoms with Crippen LogP contribution in [-0.4, -0.2) is 9.59 Å². The fourth-order valence-corrected chi connectivity index (χ4v) is 2.94. The average molecular weight is 315 g/mol. The normalized spacial score (nSPS) is 12.6. The second-order valence-electron chi connectivity index (χ2n) is 4.49. The Hall–Kier alpha value is -1.08. The van der Waals surface area contributed by atoms with E-state index < -0.39 is 0 Å². The summed E-state index contributed by atoms with van der Waals surface area (Å²) in [6.45, 7) is 2.08. The molecule has 1 heterocycles. The molecule has 3 N–H and O–H groups in total. The molecule has 0 saturated carbocycles. The Labute approximate surface area is 126 Å². The summed E-state index contributed by atoms with van der Waals surface area (Å²) in [5.74, 6) is 5.28. The van der Waals surface area contributed by atoms with Gasteiger partial charge in [-0.05, 0) is 42.1 Å². The van der Waals surface area contributed by atoms with Crippen LogP contribution in [0.25, 0.3) is 0 Å². The van der Waals surface area contributed by atoms with E-state index in [2.05, 4.69) is 21.9 Å². The van der Waals surface area contributed by atoms with E-state index in [4.69, 9.17) is 17.4 Å². The van der Waals surface area contributed by atoms with E-state index in [1.807, 2.05) is 0 Å². The lowest BCUT2D eigenvalue weighted by Gasteiger charge is -2.15. The van der Waals surface area contributed by atoms with Crippen molar-refractivity contribution in [3.8, 4) is 0 Å². The molecular weight excluding hydrogens is 299 g/mol. The van der Waals surface area contributed by atoms with Crippen LogP contribution in [0.3, 0.4) is 0 Å². The van der Waals surface area contributed by atoms with E-state index in [-0.39, 0.29) is 11.9 Å². The van der Waals surface area contributed by atoms with Crippen molar-refractivity contribution in [1.82, 2.24) is 15.0 Å². The van der Waals surface area contributed by atoms with Crippen LogP contribution in [-0.2, 0) is 12.8 Å². The van der Waals surface area contributed by atoms with Crippen molar-refractivity contribution in [2.24, 2.45) is 5.84 Å². The molecule has 1 aromatic carbocycles. The van der Waals surface area contributed by atoms with E-state index in [1.165, 1.54) is 17.6 Å². The summed E-state index contributed by atoms with van der Waals surface area (Å²) in [5.41, 5.74) is 4.21. The van der Waals surface area contributed by atoms with Gasteiger partial charge in [-0.1, -0.05) is 35.5 Å². The molecule has 1 aromatic heterocycles. The van der Waals surface area contributed by atoms with Crippen LogP contribution in [0.1, 0.15) is 35.5 Å². The molecule has 0 spiro atoms. The maximum atomic E-state index is 13.9. The monoisotopic (exact) mass is 314 g/mol. The standard InChI is InChI=1S/C13H16ClFN4S/c1-2-3-11-13(20-19-18-11)12(17-16)6-8-4-5-9(14)7-10(8)15/h4-5,7,12,17H,2-3,6,16H2,1H3. The summed E-state index contributed by atoms with van der Waals surface area (Å²) < 4.78 is 17.8. The first-order chi connectivity index (χ1) is 9.65. The average Bonchev–Trinajstić information content (AvgIpc) is 2.87. The van der Waals surface area contributed by atoms with Gasteiger partial charge in [0.2, 0.25) is 0 Å². The number of nitrogens with two attached hydrogens (primary N) is 1. The van der Waals surface area contributed by atoms with Gasteiger partial charge in [-0.15, -0.1) is 5.10 Å². The number of benzene rings is 1. The highest BCUT2D eigenvalue weighted by atomic mass is 35.5. The second-order valence-corrected chi connectivity index (χ2v) is 5.72. The molecule has 108 valence electrons. The quantitative estimate of drug-likeness (QED) is 0.635. The Morgan fingerprint density at radius 3 is 2.95 bits per heavy atom. The number of aromatic nitrogens is 2. The third-order valence-corrected chi connectivity index (χ3v) is 4.14. The summed E-state index contributed by atoms with van der Waals surface area (Å²) in [4.78, 5) is 0.962. The number of halogens is 2. The Morgan fingerprint density at radius 1 is 1.50 bits per heavy atom. The summed E-state index contributed by atoms with van der Waals surface area (Å²) in [6, 6.07) is 4.45. The molecule has 2 rings (SSSR count). The van der Waals surface area contributed by atoms with Gasteiger partial charge in [0.05, 0.1) is 16.6 Å². The smallest absolute Gasteiger partial charge is 0.127 e. The first-order valence-electron chi connectivity index (χ1n) is 6.36. The first kappa shape index (κ1) is 15.3. The van der Waals surface area contributed by atoms with Crippen LogP contribution in [0.15, 0.2) is 18.2 Å². The van der Waals surface area contributed by atoms with E-state index in [9.17, 15) is 4.39 Å². The first-order valence-corrected chi connectivity index (χ1v) is 7.52. The molecule has 0 saturated heterocycles. The highest BCUT2D eigenvalue weighted by Crippen LogP contribution is 2.26. The number of aryl methyl sites for hydroxylation is 1. The maximum absolute atomic E-state index is 13.9. The predicted octanol–water partition coefficient (Wildman–Crippen LogP) is 3.03. The van der Waals surface area contributed by atoms with Crippen molar-refractivity contribution in [3.05, 3.63) is 45.2 Å². The van der Waals surface area contributed by atoms with Crippen LogP contribution >= 0.6 is 23.1 Å². The molecule has 2 aromatic rings. The van der Waals surface area contributed by atoms with Gasteiger partial charge in [0.1, 0.15) is 5.82 Å². The zero-order valence-electron chi connectivity index (χ0n) is 11.1. The number of rotatable bonds is 6. The van der Waals surface area contributed by atoms with Gasteiger partial charge in [0.15, 0.2) is 0 Å². The molecule has 0 aliphatic rings. The van der Waals surface area contributed by atoms with Gasteiger partial charge >= 0.3 is 0 Å². The van der Waals surface area contributed by atoms with E-state index >= 15 is 0 Å². The van der Waals surface area contributed by atoms with Gasteiger partial charge in [0.25, 0.3) is 0 Å². The van der Waals surface area contributed by atoms with Gasteiger partial charge in [-0.2, -0.15) is 0 Å². The Kier molecular flexibility index (Phi) is 5.42. The minimum absolute atomic E-state index is 0.202. The second kappa shape index (κ2) is 7.08. The summed E-state index contributed by atoms with van der Waals surface area (Å²) in [6.07, 6.45) is 2.25. The van der Waals surface area contributed by atoms with E-state index in [0.717, 1.165) is 23.4 Å². The molecule has 1 atom stereocenters. The summed E-state index contributed by atoms with van der Waals surface area (Å²) in [5, 5.41) is 4.49. The molecule has 7 heteroatoms. The van der Waals surface area contributed by atoms with Crippen LogP contribution < -0.4 is 11.3 Å². The molecule has 1 unspecified atom stereocenters. The lowest BCUT2D eigenvalue weighted by Crippen LogP contribution is -2.30. The third kappa shape index (κ3) is 3.52. The van der Waals surface area contributed by atoms with Crippen LogP contribution in [0.2, 0.25) is 5.02 Å². The molecule has 0 aliphatic heterocycles. The molecule has 0 fully saturated rings. The zero-order chi connectivity index (χ0) is 14.5. The van der Waals surface area contributed by atoms with Crippen molar-refractivity contribution in [2.45, 2.75) is 32.2 Å². The van der Waals surface area contributed by atoms with E-state index in [1.54, 1.807) is 12.1 Å². The van der Waals surface area contributed by atoms with Crippen LogP contribution in [0.5, 0.6) is 0 Å². The van der Waals surface area contributed by atoms with Gasteiger partial charge < -0.3 is 0 Å². The Balaban J connectivity index is 2.22. The van der Waals surface area contributed by atoms with Crippen molar-refractivity contribution in [1.29, 1.82) is 0 Å². The topological polar surface area (TPSA) is 63.8 Å². The lowest BCUT2D eigenvalue weighted by atomic mass is 10.0. The van der Waals surface area contributed by atoms with Crippen molar-refractivity contribution < 1.29 is 4.39 Å². The van der Waals surface area contributed by atoms with Gasteiger partial charge in [-0.25, -0.2) is 4.39 Å². The van der Waals surface area contributed by atoms with Gasteiger partial charge in [-0.3, -0.25) is 11.3 Å². The highest BCUT2D eigenvalue weighted by molar-refractivity contribution is 7.05. The number of nitrogens with zero attached hydrogens (tertiary/aromatic N) is 2. The third-order valence-electron chi connectivity index (χ3n) is 3.03. The van der Waals surface area contributed by atoms with Gasteiger partial charge in [0, 0.05) is 5.02 Å². The number of nitrogens with one attached hydrogen (secondary N) is 1. The minimum Gasteiger partial charge on any atom is -0.271 e. The lowest BCUT2D eigenvalue weighted by molar-refractivity contribution is 0.531. The maximum Gasteiger partial charge on any atom is 0.127 e. The highest BCUT2D eigenvalue weighted by Gasteiger charge is 2.19. The molecule has 0 radical (unpaired) electrons. The molecule has 0 aliphatic carbocycles.